The first-order valence-corrected chi connectivity index (χ1v) is 7.08. The van der Waals surface area contributed by atoms with Crippen LogP contribution in [0.25, 0.3) is 0 Å². The summed E-state index contributed by atoms with van der Waals surface area (Å²) in [5, 5.41) is 10.2. The molecule has 0 spiro atoms. The molecule has 0 radical (unpaired) electrons. The number of benzene rings is 2. The molecule has 0 unspecified atom stereocenters. The Morgan fingerprint density at radius 1 is 0.957 bits per heavy atom. The van der Waals surface area contributed by atoms with Gasteiger partial charge >= 0.3 is 5.97 Å². The highest BCUT2D eigenvalue weighted by molar-refractivity contribution is 6.21. The number of hydrogen-bond donors (Lipinski definition) is 2. The van der Waals surface area contributed by atoms with Gasteiger partial charge in [0, 0.05) is 6.42 Å². The SMILES string of the molecule is O=C(O)[C@H](Cc1ccccc1)NN1C(=O)c2ccccc2C1=O. The number of amides is 2. The molecule has 6 nitrogen and oxygen atoms in total. The first-order valence-electron chi connectivity index (χ1n) is 7.08. The number of fused-ring (bicyclic) bond motifs is 1. The largest absolute Gasteiger partial charge is 0.480 e. The molecule has 0 aromatic heterocycles. The normalized spacial score (nSPS) is 14.7. The van der Waals surface area contributed by atoms with E-state index in [1.807, 2.05) is 6.07 Å². The van der Waals surface area contributed by atoms with Crippen molar-refractivity contribution in [3.05, 3.63) is 71.3 Å². The van der Waals surface area contributed by atoms with Crippen molar-refractivity contribution in [1.82, 2.24) is 10.4 Å². The fourth-order valence-corrected chi connectivity index (χ4v) is 2.50. The summed E-state index contributed by atoms with van der Waals surface area (Å²) in [6.45, 7) is 0. The number of carboxylic acids is 1. The van der Waals surface area contributed by atoms with Gasteiger partial charge in [0.25, 0.3) is 11.8 Å². The highest BCUT2D eigenvalue weighted by Gasteiger charge is 2.37. The number of hydrogen-bond acceptors (Lipinski definition) is 4. The number of carbonyl (C=O) groups is 3. The second kappa shape index (κ2) is 6.02. The van der Waals surface area contributed by atoms with Gasteiger partial charge < -0.3 is 5.11 Å². The molecule has 0 fully saturated rings. The first kappa shape index (κ1) is 14.9. The predicted octanol–water partition coefficient (Wildman–Crippen LogP) is 1.48. The molecule has 0 bridgehead atoms. The number of nitrogens with zero attached hydrogens (tertiary/aromatic N) is 1. The Morgan fingerprint density at radius 3 is 2.00 bits per heavy atom. The number of rotatable bonds is 5. The van der Waals surface area contributed by atoms with Gasteiger partial charge in [-0.3, -0.25) is 14.4 Å². The summed E-state index contributed by atoms with van der Waals surface area (Å²) in [4.78, 5) is 36.0. The molecule has 2 aromatic rings. The van der Waals surface area contributed by atoms with Crippen LogP contribution >= 0.6 is 0 Å². The van der Waals surface area contributed by atoms with Crippen LogP contribution < -0.4 is 5.43 Å². The maximum Gasteiger partial charge on any atom is 0.322 e. The van der Waals surface area contributed by atoms with Crippen LogP contribution in [-0.4, -0.2) is 33.9 Å². The lowest BCUT2D eigenvalue weighted by Crippen LogP contribution is -2.52. The minimum absolute atomic E-state index is 0.156. The van der Waals surface area contributed by atoms with E-state index in [2.05, 4.69) is 5.43 Å². The minimum Gasteiger partial charge on any atom is -0.480 e. The summed E-state index contributed by atoms with van der Waals surface area (Å²) >= 11 is 0. The van der Waals surface area contributed by atoms with E-state index in [9.17, 15) is 19.5 Å². The third-order valence-corrected chi connectivity index (χ3v) is 3.66. The lowest BCUT2D eigenvalue weighted by molar-refractivity contribution is -0.140. The molecule has 0 saturated carbocycles. The molecule has 2 N–H and O–H groups in total. The van der Waals surface area contributed by atoms with E-state index in [0.29, 0.717) is 0 Å². The summed E-state index contributed by atoms with van der Waals surface area (Å²) in [5.74, 6) is -2.21. The fourth-order valence-electron chi connectivity index (χ4n) is 2.50. The van der Waals surface area contributed by atoms with Crippen LogP contribution in [0.3, 0.4) is 0 Å². The zero-order valence-corrected chi connectivity index (χ0v) is 12.1. The maximum absolute atomic E-state index is 12.3. The third kappa shape index (κ3) is 2.84. The molecule has 1 heterocycles. The van der Waals surface area contributed by atoms with E-state index in [1.54, 1.807) is 48.5 Å². The van der Waals surface area contributed by atoms with Crippen LogP contribution in [-0.2, 0) is 11.2 Å². The van der Waals surface area contributed by atoms with Crippen molar-refractivity contribution in [1.29, 1.82) is 0 Å². The third-order valence-electron chi connectivity index (χ3n) is 3.66. The van der Waals surface area contributed by atoms with E-state index in [4.69, 9.17) is 0 Å². The van der Waals surface area contributed by atoms with Gasteiger partial charge in [0.15, 0.2) is 0 Å². The Morgan fingerprint density at radius 2 is 1.48 bits per heavy atom. The lowest BCUT2D eigenvalue weighted by atomic mass is 10.1. The molecule has 1 aliphatic heterocycles. The van der Waals surface area contributed by atoms with Crippen molar-refractivity contribution in [3.8, 4) is 0 Å². The Labute approximate surface area is 132 Å². The van der Waals surface area contributed by atoms with Crippen LogP contribution in [0.15, 0.2) is 54.6 Å². The van der Waals surface area contributed by atoms with Crippen molar-refractivity contribution in [2.45, 2.75) is 12.5 Å². The molecule has 23 heavy (non-hydrogen) atoms. The molecule has 2 amide bonds. The van der Waals surface area contributed by atoms with Gasteiger partial charge in [0.2, 0.25) is 0 Å². The average molecular weight is 310 g/mol. The number of carbonyl (C=O) groups excluding carboxylic acids is 2. The van der Waals surface area contributed by atoms with Gasteiger partial charge in [0.05, 0.1) is 11.1 Å². The quantitative estimate of drug-likeness (QED) is 0.817. The Hall–Kier alpha value is -2.99. The van der Waals surface area contributed by atoms with Gasteiger partial charge in [-0.15, -0.1) is 0 Å². The molecular weight excluding hydrogens is 296 g/mol. The smallest absolute Gasteiger partial charge is 0.322 e. The van der Waals surface area contributed by atoms with Crippen molar-refractivity contribution in [3.63, 3.8) is 0 Å². The van der Waals surface area contributed by atoms with Gasteiger partial charge in [-0.1, -0.05) is 42.5 Å². The van der Waals surface area contributed by atoms with Crippen LogP contribution in [0, 0.1) is 0 Å². The topological polar surface area (TPSA) is 86.7 Å². The molecule has 2 aromatic carbocycles. The first-order chi connectivity index (χ1) is 11.1. The molecule has 0 aliphatic carbocycles. The molecule has 116 valence electrons. The number of carboxylic acid groups (broad SMARTS) is 1. The lowest BCUT2D eigenvalue weighted by Gasteiger charge is -2.21. The summed E-state index contributed by atoms with van der Waals surface area (Å²) in [7, 11) is 0. The van der Waals surface area contributed by atoms with Crippen LogP contribution in [0.1, 0.15) is 26.3 Å². The monoisotopic (exact) mass is 310 g/mol. The number of hydrazine groups is 1. The Bertz CT molecular complexity index is 738. The molecular formula is C17H14N2O4. The van der Waals surface area contributed by atoms with Gasteiger partial charge in [0.1, 0.15) is 6.04 Å². The molecule has 1 aliphatic rings. The zero-order chi connectivity index (χ0) is 16.4. The second-order valence-corrected chi connectivity index (χ2v) is 5.20. The molecule has 1 atom stereocenters. The van der Waals surface area contributed by atoms with Gasteiger partial charge in [-0.2, -0.15) is 0 Å². The van der Waals surface area contributed by atoms with Crippen molar-refractivity contribution in [2.24, 2.45) is 0 Å². The van der Waals surface area contributed by atoms with E-state index in [1.165, 1.54) is 0 Å². The highest BCUT2D eigenvalue weighted by atomic mass is 16.4. The summed E-state index contributed by atoms with van der Waals surface area (Å²) in [6.07, 6.45) is 0.156. The van der Waals surface area contributed by atoms with Crippen molar-refractivity contribution < 1.29 is 19.5 Å². The number of aliphatic carboxylic acids is 1. The van der Waals surface area contributed by atoms with E-state index in [0.717, 1.165) is 10.6 Å². The maximum atomic E-state index is 12.3. The minimum atomic E-state index is -1.13. The van der Waals surface area contributed by atoms with E-state index < -0.39 is 23.8 Å². The summed E-state index contributed by atoms with van der Waals surface area (Å²) < 4.78 is 0. The predicted molar refractivity (Wildman–Crippen MR) is 81.6 cm³/mol. The summed E-state index contributed by atoms with van der Waals surface area (Å²) in [5.41, 5.74) is 3.88. The second-order valence-electron chi connectivity index (χ2n) is 5.20. The summed E-state index contributed by atoms with van der Waals surface area (Å²) in [6, 6.07) is 14.3. The fraction of sp³-hybridized carbons (Fsp3) is 0.118. The Balaban J connectivity index is 1.81. The zero-order valence-electron chi connectivity index (χ0n) is 12.1. The molecule has 3 rings (SSSR count). The van der Waals surface area contributed by atoms with Crippen LogP contribution in [0.2, 0.25) is 0 Å². The van der Waals surface area contributed by atoms with Crippen LogP contribution in [0.5, 0.6) is 0 Å². The van der Waals surface area contributed by atoms with Crippen LogP contribution in [0.4, 0.5) is 0 Å². The van der Waals surface area contributed by atoms with Gasteiger partial charge in [-0.25, -0.2) is 10.4 Å². The molecule has 6 heteroatoms. The molecule has 0 saturated heterocycles. The number of imide groups is 1. The van der Waals surface area contributed by atoms with Crippen molar-refractivity contribution in [2.75, 3.05) is 0 Å². The van der Waals surface area contributed by atoms with Gasteiger partial charge in [-0.05, 0) is 17.7 Å². The van der Waals surface area contributed by atoms with E-state index >= 15 is 0 Å². The Kier molecular flexibility index (Phi) is 3.91. The average Bonchev–Trinajstić information content (AvgIpc) is 2.80. The van der Waals surface area contributed by atoms with Crippen molar-refractivity contribution >= 4 is 17.8 Å². The van der Waals surface area contributed by atoms with E-state index in [-0.39, 0.29) is 17.5 Å². The standard InChI is InChI=1S/C17H14N2O4/c20-15-12-8-4-5-9-13(12)16(21)19(15)18-14(17(22)23)10-11-6-2-1-3-7-11/h1-9,14,18H,10H2,(H,22,23)/t14-/m0/s1. The highest BCUT2D eigenvalue weighted by Crippen LogP contribution is 2.21. The number of nitrogens with one attached hydrogen (secondary N) is 1.